The monoisotopic (exact) mass is 390 g/mol. The molecule has 1 aliphatic heterocycles. The van der Waals surface area contributed by atoms with E-state index in [9.17, 15) is 9.59 Å². The van der Waals surface area contributed by atoms with E-state index in [1.807, 2.05) is 47.4 Å². The molecule has 1 atom stereocenters. The number of nitrogens with one attached hydrogen (secondary N) is 1. The Balaban J connectivity index is 1.84. The summed E-state index contributed by atoms with van der Waals surface area (Å²) in [6.07, 6.45) is 2.17. The van der Waals surface area contributed by atoms with E-state index in [1.165, 1.54) is 12.3 Å². The van der Waals surface area contributed by atoms with Gasteiger partial charge < -0.3 is 19.4 Å². The van der Waals surface area contributed by atoms with E-state index in [1.54, 1.807) is 20.3 Å². The van der Waals surface area contributed by atoms with Crippen molar-refractivity contribution in [2.75, 3.05) is 20.8 Å². The van der Waals surface area contributed by atoms with Gasteiger partial charge in [-0.3, -0.25) is 9.59 Å². The molecule has 1 N–H and O–H groups in total. The van der Waals surface area contributed by atoms with Crippen molar-refractivity contribution in [2.24, 2.45) is 0 Å². The van der Waals surface area contributed by atoms with Crippen molar-refractivity contribution in [2.45, 2.75) is 12.5 Å². The third kappa shape index (κ3) is 3.49. The lowest BCUT2D eigenvalue weighted by molar-refractivity contribution is 0.0693. The highest BCUT2D eigenvalue weighted by Gasteiger charge is 2.33. The van der Waals surface area contributed by atoms with Crippen LogP contribution in [0.4, 0.5) is 0 Å². The summed E-state index contributed by atoms with van der Waals surface area (Å²) in [5, 5.41) is 0. The number of rotatable bonds is 4. The van der Waals surface area contributed by atoms with Crippen molar-refractivity contribution in [3.63, 3.8) is 0 Å². The number of pyridine rings is 1. The lowest BCUT2D eigenvalue weighted by Gasteiger charge is -2.38. The first kappa shape index (κ1) is 18.8. The highest BCUT2D eigenvalue weighted by atomic mass is 16.5. The second-order valence-electron chi connectivity index (χ2n) is 6.91. The van der Waals surface area contributed by atoms with Crippen LogP contribution in [0.15, 0.2) is 65.6 Å². The van der Waals surface area contributed by atoms with E-state index in [0.717, 1.165) is 16.7 Å². The standard InChI is InChI=1S/C23H22N2O4/c1-28-19-12-16-10-11-25(23(27)17-8-9-21(26)24-14-17)22(15-6-4-3-5-7-15)18(16)13-20(19)29-2/h3-9,12-14,22H,10-11H2,1-2H3,(H,24,26)/t22-/m0/s1. The van der Waals surface area contributed by atoms with Crippen molar-refractivity contribution >= 4 is 5.91 Å². The van der Waals surface area contributed by atoms with Gasteiger partial charge in [0.1, 0.15) is 0 Å². The Hall–Kier alpha value is -3.54. The Morgan fingerprint density at radius 2 is 1.76 bits per heavy atom. The summed E-state index contributed by atoms with van der Waals surface area (Å²) in [5.41, 5.74) is 3.37. The fraction of sp³-hybridized carbons (Fsp3) is 0.217. The van der Waals surface area contributed by atoms with Crippen LogP contribution >= 0.6 is 0 Å². The van der Waals surface area contributed by atoms with Gasteiger partial charge in [0.25, 0.3) is 5.91 Å². The van der Waals surface area contributed by atoms with Gasteiger partial charge in [-0.2, -0.15) is 0 Å². The zero-order chi connectivity index (χ0) is 20.4. The summed E-state index contributed by atoms with van der Waals surface area (Å²) in [6, 6.07) is 16.5. The molecule has 6 heteroatoms. The summed E-state index contributed by atoms with van der Waals surface area (Å²) >= 11 is 0. The Morgan fingerprint density at radius 1 is 1.03 bits per heavy atom. The number of hydrogen-bond acceptors (Lipinski definition) is 4. The van der Waals surface area contributed by atoms with E-state index in [-0.39, 0.29) is 17.5 Å². The second kappa shape index (κ2) is 7.83. The highest BCUT2D eigenvalue weighted by Crippen LogP contribution is 2.41. The van der Waals surface area contributed by atoms with Crippen LogP contribution in [-0.2, 0) is 6.42 Å². The first-order chi connectivity index (χ1) is 14.1. The smallest absolute Gasteiger partial charge is 0.256 e. The number of carbonyl (C=O) groups is 1. The lowest BCUT2D eigenvalue weighted by atomic mass is 9.87. The highest BCUT2D eigenvalue weighted by molar-refractivity contribution is 5.94. The molecule has 0 saturated heterocycles. The number of fused-ring (bicyclic) bond motifs is 1. The molecule has 0 spiro atoms. The molecular formula is C23H22N2O4. The number of aromatic nitrogens is 1. The first-order valence-electron chi connectivity index (χ1n) is 9.42. The van der Waals surface area contributed by atoms with Gasteiger partial charge in [0, 0.05) is 18.8 Å². The molecule has 1 aromatic heterocycles. The average Bonchev–Trinajstić information content (AvgIpc) is 2.77. The molecule has 3 aromatic rings. The molecule has 0 aliphatic carbocycles. The van der Waals surface area contributed by atoms with Crippen LogP contribution in [0, 0.1) is 0 Å². The minimum atomic E-state index is -0.265. The van der Waals surface area contributed by atoms with E-state index >= 15 is 0 Å². The molecular weight excluding hydrogens is 368 g/mol. The molecule has 0 fully saturated rings. The number of ether oxygens (including phenoxy) is 2. The first-order valence-corrected chi connectivity index (χ1v) is 9.42. The van der Waals surface area contributed by atoms with Gasteiger partial charge in [0.05, 0.1) is 25.8 Å². The zero-order valence-electron chi connectivity index (χ0n) is 16.3. The van der Waals surface area contributed by atoms with Crippen LogP contribution in [-0.4, -0.2) is 36.6 Å². The van der Waals surface area contributed by atoms with Gasteiger partial charge in [-0.15, -0.1) is 0 Å². The second-order valence-corrected chi connectivity index (χ2v) is 6.91. The Morgan fingerprint density at radius 3 is 2.41 bits per heavy atom. The number of H-pyrrole nitrogens is 1. The topological polar surface area (TPSA) is 71.6 Å². The lowest BCUT2D eigenvalue weighted by Crippen LogP contribution is -2.40. The van der Waals surface area contributed by atoms with Crippen molar-refractivity contribution in [1.29, 1.82) is 0 Å². The Bertz CT molecular complexity index is 1070. The number of benzene rings is 2. The van der Waals surface area contributed by atoms with Gasteiger partial charge >= 0.3 is 0 Å². The van der Waals surface area contributed by atoms with Crippen molar-refractivity contribution in [3.05, 3.63) is 93.4 Å². The largest absolute Gasteiger partial charge is 0.493 e. The Labute approximate surface area is 168 Å². The third-order valence-corrected chi connectivity index (χ3v) is 5.28. The molecule has 4 rings (SSSR count). The summed E-state index contributed by atoms with van der Waals surface area (Å²) < 4.78 is 11.0. The number of aromatic amines is 1. The Kier molecular flexibility index (Phi) is 5.08. The fourth-order valence-electron chi connectivity index (χ4n) is 3.87. The van der Waals surface area contributed by atoms with E-state index in [0.29, 0.717) is 30.0 Å². The molecule has 2 aromatic carbocycles. The van der Waals surface area contributed by atoms with Gasteiger partial charge in [0.2, 0.25) is 5.56 Å². The molecule has 148 valence electrons. The fourth-order valence-corrected chi connectivity index (χ4v) is 3.87. The molecule has 0 unspecified atom stereocenters. The van der Waals surface area contributed by atoms with E-state index < -0.39 is 0 Å². The van der Waals surface area contributed by atoms with Gasteiger partial charge in [0.15, 0.2) is 11.5 Å². The molecule has 2 heterocycles. The summed E-state index contributed by atoms with van der Waals surface area (Å²) in [5.74, 6) is 1.18. The number of methoxy groups -OCH3 is 2. The van der Waals surface area contributed by atoms with Crippen molar-refractivity contribution < 1.29 is 14.3 Å². The van der Waals surface area contributed by atoms with Crippen molar-refractivity contribution in [1.82, 2.24) is 9.88 Å². The molecule has 29 heavy (non-hydrogen) atoms. The normalized spacial score (nSPS) is 15.5. The van der Waals surface area contributed by atoms with E-state index in [2.05, 4.69) is 4.98 Å². The van der Waals surface area contributed by atoms with Gasteiger partial charge in [-0.1, -0.05) is 30.3 Å². The predicted octanol–water partition coefficient (Wildman–Crippen LogP) is 3.18. The maximum Gasteiger partial charge on any atom is 0.256 e. The summed E-state index contributed by atoms with van der Waals surface area (Å²) in [4.78, 5) is 29.2. The van der Waals surface area contributed by atoms with E-state index in [4.69, 9.17) is 9.47 Å². The van der Waals surface area contributed by atoms with Gasteiger partial charge in [-0.25, -0.2) is 0 Å². The molecule has 0 radical (unpaired) electrons. The zero-order valence-corrected chi connectivity index (χ0v) is 16.3. The number of amides is 1. The van der Waals surface area contributed by atoms with Crippen LogP contribution in [0.2, 0.25) is 0 Å². The van der Waals surface area contributed by atoms with Crippen LogP contribution < -0.4 is 15.0 Å². The number of hydrogen-bond donors (Lipinski definition) is 1. The van der Waals surface area contributed by atoms with Crippen LogP contribution in [0.3, 0.4) is 0 Å². The van der Waals surface area contributed by atoms with Gasteiger partial charge in [-0.05, 0) is 41.3 Å². The molecule has 0 saturated carbocycles. The minimum Gasteiger partial charge on any atom is -0.493 e. The number of nitrogens with zero attached hydrogens (tertiary/aromatic N) is 1. The van der Waals surface area contributed by atoms with Crippen LogP contribution in [0.25, 0.3) is 0 Å². The number of carbonyl (C=O) groups excluding carboxylic acids is 1. The molecule has 0 bridgehead atoms. The third-order valence-electron chi connectivity index (χ3n) is 5.28. The molecule has 1 aliphatic rings. The van der Waals surface area contributed by atoms with Crippen molar-refractivity contribution in [3.8, 4) is 11.5 Å². The maximum atomic E-state index is 13.3. The average molecular weight is 390 g/mol. The SMILES string of the molecule is COc1cc2c(cc1OC)[C@H](c1ccccc1)N(C(=O)c1ccc(=O)[nH]c1)CC2. The quantitative estimate of drug-likeness (QED) is 0.743. The summed E-state index contributed by atoms with van der Waals surface area (Å²) in [6.45, 7) is 0.556. The van der Waals surface area contributed by atoms with Crippen LogP contribution in [0.1, 0.15) is 33.1 Å². The summed E-state index contributed by atoms with van der Waals surface area (Å²) in [7, 11) is 3.22. The molecule has 1 amide bonds. The van der Waals surface area contributed by atoms with Crippen LogP contribution in [0.5, 0.6) is 11.5 Å². The molecule has 6 nitrogen and oxygen atoms in total. The minimum absolute atomic E-state index is 0.129. The predicted molar refractivity (Wildman–Crippen MR) is 110 cm³/mol. The maximum absolute atomic E-state index is 13.3.